The normalized spacial score (nSPS) is 21.4. The minimum absolute atomic E-state index is 0. The molecule has 8 heteroatoms. The van der Waals surface area contributed by atoms with Crippen LogP contribution in [-0.2, 0) is 9.59 Å². The van der Waals surface area contributed by atoms with E-state index in [0.717, 1.165) is 65.2 Å². The highest BCUT2D eigenvalue weighted by molar-refractivity contribution is 5.85. The van der Waals surface area contributed by atoms with E-state index in [0.29, 0.717) is 12.5 Å². The summed E-state index contributed by atoms with van der Waals surface area (Å²) >= 11 is 0. The Morgan fingerprint density at radius 1 is 1.08 bits per heavy atom. The summed E-state index contributed by atoms with van der Waals surface area (Å²) in [6.07, 6.45) is 2.10. The summed E-state index contributed by atoms with van der Waals surface area (Å²) in [4.78, 5) is 30.6. The average molecular weight is 383 g/mol. The van der Waals surface area contributed by atoms with E-state index in [-0.39, 0.29) is 36.6 Å². The summed E-state index contributed by atoms with van der Waals surface area (Å²) in [6, 6.07) is 0. The fraction of sp³-hybridized carbons (Fsp3) is 0.875. The van der Waals surface area contributed by atoms with Crippen LogP contribution in [0, 0.1) is 5.92 Å². The Labute approximate surface area is 158 Å². The molecule has 24 heavy (non-hydrogen) atoms. The number of amides is 2. The molecule has 0 saturated carbocycles. The van der Waals surface area contributed by atoms with Crippen LogP contribution in [0.2, 0.25) is 0 Å². The van der Waals surface area contributed by atoms with Gasteiger partial charge in [0, 0.05) is 45.8 Å². The van der Waals surface area contributed by atoms with E-state index in [1.54, 1.807) is 0 Å². The number of piperidine rings is 1. The molecule has 0 aromatic rings. The van der Waals surface area contributed by atoms with Crippen LogP contribution in [0.3, 0.4) is 0 Å². The van der Waals surface area contributed by atoms with Crippen LogP contribution in [-0.4, -0.2) is 85.4 Å². The number of likely N-dealkylation sites (N-methyl/N-ethyl adjacent to an activating group) is 1. The van der Waals surface area contributed by atoms with Gasteiger partial charge < -0.3 is 15.1 Å². The second-order valence-corrected chi connectivity index (χ2v) is 6.21. The standard InChI is InChI=1S/C16H30N4O2.2ClH/c1-3-19(4-2)15(21)13-18-8-10-20(11-9-18)16(22)14-6-5-7-17-12-14;;/h14,17H,3-13H2,1-2H3;2*1H. The second-order valence-electron chi connectivity index (χ2n) is 6.21. The van der Waals surface area contributed by atoms with E-state index in [2.05, 4.69) is 10.2 Å². The number of halogens is 2. The molecule has 2 aliphatic heterocycles. The van der Waals surface area contributed by atoms with Crippen LogP contribution in [0.4, 0.5) is 0 Å². The van der Waals surface area contributed by atoms with Crippen molar-refractivity contribution in [2.75, 3.05) is 58.9 Å². The van der Waals surface area contributed by atoms with Gasteiger partial charge in [-0.3, -0.25) is 14.5 Å². The van der Waals surface area contributed by atoms with Crippen molar-refractivity contribution in [3.05, 3.63) is 0 Å². The van der Waals surface area contributed by atoms with Crippen molar-refractivity contribution in [2.24, 2.45) is 5.92 Å². The summed E-state index contributed by atoms with van der Waals surface area (Å²) in [5.74, 6) is 0.640. The highest BCUT2D eigenvalue weighted by Gasteiger charge is 2.29. The molecule has 2 saturated heterocycles. The maximum atomic E-state index is 12.5. The van der Waals surface area contributed by atoms with E-state index >= 15 is 0 Å². The van der Waals surface area contributed by atoms with Crippen molar-refractivity contribution in [1.82, 2.24) is 20.0 Å². The molecule has 0 aromatic carbocycles. The Balaban J connectivity index is 0.00000264. The third-order valence-electron chi connectivity index (χ3n) is 4.81. The van der Waals surface area contributed by atoms with Gasteiger partial charge >= 0.3 is 0 Å². The number of rotatable bonds is 5. The molecule has 2 rings (SSSR count). The zero-order valence-corrected chi connectivity index (χ0v) is 16.5. The lowest BCUT2D eigenvalue weighted by molar-refractivity contribution is -0.138. The van der Waals surface area contributed by atoms with Crippen LogP contribution in [0.15, 0.2) is 0 Å². The van der Waals surface area contributed by atoms with Crippen LogP contribution in [0.5, 0.6) is 0 Å². The summed E-state index contributed by atoms with van der Waals surface area (Å²) in [5.41, 5.74) is 0. The minimum Gasteiger partial charge on any atom is -0.342 e. The van der Waals surface area contributed by atoms with Crippen molar-refractivity contribution in [2.45, 2.75) is 26.7 Å². The van der Waals surface area contributed by atoms with Crippen molar-refractivity contribution in [3.8, 4) is 0 Å². The third kappa shape index (κ3) is 6.39. The van der Waals surface area contributed by atoms with Gasteiger partial charge in [0.2, 0.25) is 11.8 Å². The van der Waals surface area contributed by atoms with Gasteiger partial charge in [-0.25, -0.2) is 0 Å². The molecule has 0 aromatic heterocycles. The molecule has 2 fully saturated rings. The maximum absolute atomic E-state index is 12.5. The quantitative estimate of drug-likeness (QED) is 0.765. The minimum atomic E-state index is 0. The predicted molar refractivity (Wildman–Crippen MR) is 101 cm³/mol. The summed E-state index contributed by atoms with van der Waals surface area (Å²) in [5, 5.41) is 3.31. The average Bonchev–Trinajstić information content (AvgIpc) is 2.57. The van der Waals surface area contributed by atoms with Gasteiger partial charge in [0.15, 0.2) is 0 Å². The molecule has 1 N–H and O–H groups in total. The topological polar surface area (TPSA) is 55.9 Å². The maximum Gasteiger partial charge on any atom is 0.236 e. The molecular formula is C16H32Cl2N4O2. The van der Waals surface area contributed by atoms with Gasteiger partial charge in [0.1, 0.15) is 0 Å². The Morgan fingerprint density at radius 3 is 2.21 bits per heavy atom. The Bertz CT molecular complexity index is 380. The van der Waals surface area contributed by atoms with Gasteiger partial charge in [0.05, 0.1) is 12.5 Å². The van der Waals surface area contributed by atoms with E-state index in [1.165, 1.54) is 0 Å². The van der Waals surface area contributed by atoms with Crippen molar-refractivity contribution >= 4 is 36.6 Å². The zero-order valence-electron chi connectivity index (χ0n) is 14.8. The van der Waals surface area contributed by atoms with Gasteiger partial charge in [-0.15, -0.1) is 24.8 Å². The molecule has 0 radical (unpaired) electrons. The first kappa shape index (κ1) is 23.4. The largest absolute Gasteiger partial charge is 0.342 e. The first-order valence-electron chi connectivity index (χ1n) is 8.65. The zero-order chi connectivity index (χ0) is 15.9. The van der Waals surface area contributed by atoms with E-state index in [4.69, 9.17) is 0 Å². The van der Waals surface area contributed by atoms with Crippen LogP contribution in [0.1, 0.15) is 26.7 Å². The molecule has 0 bridgehead atoms. The van der Waals surface area contributed by atoms with Crippen molar-refractivity contribution < 1.29 is 9.59 Å². The first-order valence-corrected chi connectivity index (χ1v) is 8.65. The van der Waals surface area contributed by atoms with Crippen molar-refractivity contribution in [3.63, 3.8) is 0 Å². The fourth-order valence-corrected chi connectivity index (χ4v) is 3.31. The first-order chi connectivity index (χ1) is 10.7. The third-order valence-corrected chi connectivity index (χ3v) is 4.81. The number of carbonyl (C=O) groups is 2. The Morgan fingerprint density at radius 2 is 1.71 bits per heavy atom. The van der Waals surface area contributed by atoms with Crippen LogP contribution in [0.25, 0.3) is 0 Å². The molecule has 142 valence electrons. The lowest BCUT2D eigenvalue weighted by atomic mass is 9.98. The van der Waals surface area contributed by atoms with E-state index in [9.17, 15) is 9.59 Å². The molecule has 1 atom stereocenters. The summed E-state index contributed by atoms with van der Waals surface area (Å²) in [6.45, 7) is 11.0. The van der Waals surface area contributed by atoms with Crippen molar-refractivity contribution in [1.29, 1.82) is 0 Å². The molecule has 2 amide bonds. The van der Waals surface area contributed by atoms with E-state index < -0.39 is 0 Å². The summed E-state index contributed by atoms with van der Waals surface area (Å²) < 4.78 is 0. The number of nitrogens with one attached hydrogen (secondary N) is 1. The number of hydrogen-bond acceptors (Lipinski definition) is 4. The summed E-state index contributed by atoms with van der Waals surface area (Å²) in [7, 11) is 0. The Kier molecular flexibility index (Phi) is 11.6. The lowest BCUT2D eigenvalue weighted by Gasteiger charge is -2.37. The SMILES string of the molecule is CCN(CC)C(=O)CN1CCN(C(=O)C2CCCNC2)CC1.Cl.Cl. The smallest absolute Gasteiger partial charge is 0.236 e. The van der Waals surface area contributed by atoms with Crippen LogP contribution < -0.4 is 5.32 Å². The molecule has 1 unspecified atom stereocenters. The second kappa shape index (κ2) is 11.9. The molecule has 2 aliphatic rings. The predicted octanol–water partition coefficient (Wildman–Crippen LogP) is 0.842. The number of nitrogens with zero attached hydrogens (tertiary/aromatic N) is 3. The van der Waals surface area contributed by atoms with Gasteiger partial charge in [-0.2, -0.15) is 0 Å². The lowest BCUT2D eigenvalue weighted by Crippen LogP contribution is -2.53. The molecule has 0 spiro atoms. The number of carbonyl (C=O) groups excluding carboxylic acids is 2. The molecule has 0 aliphatic carbocycles. The molecule has 2 heterocycles. The van der Waals surface area contributed by atoms with Crippen LogP contribution >= 0.6 is 24.8 Å². The monoisotopic (exact) mass is 382 g/mol. The van der Waals surface area contributed by atoms with E-state index in [1.807, 2.05) is 23.6 Å². The van der Waals surface area contributed by atoms with Gasteiger partial charge in [-0.1, -0.05) is 0 Å². The highest BCUT2D eigenvalue weighted by atomic mass is 35.5. The highest BCUT2D eigenvalue weighted by Crippen LogP contribution is 2.15. The molecular weight excluding hydrogens is 351 g/mol. The van der Waals surface area contributed by atoms with Gasteiger partial charge in [-0.05, 0) is 33.2 Å². The fourth-order valence-electron chi connectivity index (χ4n) is 3.31. The Hall–Kier alpha value is -0.560. The number of piperazine rings is 1. The van der Waals surface area contributed by atoms with Gasteiger partial charge in [0.25, 0.3) is 0 Å². The molecule has 6 nitrogen and oxygen atoms in total. The number of hydrogen-bond donors (Lipinski definition) is 1.